The average molecular weight is 354 g/mol. The average Bonchev–Trinajstić information content (AvgIpc) is 2.46. The second-order valence-corrected chi connectivity index (χ2v) is 6.81. The number of carbonyl (C=O) groups excluding carboxylic acids is 1. The Morgan fingerprint density at radius 3 is 2.81 bits per heavy atom. The Hall–Kier alpha value is -1.07. The third-order valence-corrected chi connectivity index (χ3v) is 4.98. The van der Waals surface area contributed by atoms with Crippen molar-refractivity contribution in [2.45, 2.75) is 38.8 Å². The monoisotopic (exact) mass is 353 g/mol. The SMILES string of the molecule is CNC(C)c1ccc(Br)cc1N1CC(C(N)=O)CCC1C. The molecule has 1 heterocycles. The summed E-state index contributed by atoms with van der Waals surface area (Å²) in [4.78, 5) is 13.9. The quantitative estimate of drug-likeness (QED) is 0.874. The molecular formula is C16H24BrN3O. The van der Waals surface area contributed by atoms with Crippen LogP contribution < -0.4 is 16.0 Å². The normalized spacial score (nSPS) is 23.9. The van der Waals surface area contributed by atoms with Crippen LogP contribution in [0.4, 0.5) is 5.69 Å². The lowest BCUT2D eigenvalue weighted by Gasteiger charge is -2.40. The molecule has 1 amide bonds. The summed E-state index contributed by atoms with van der Waals surface area (Å²) in [6, 6.07) is 7.02. The Kier molecular flexibility index (Phi) is 5.27. The number of rotatable bonds is 4. The van der Waals surface area contributed by atoms with Gasteiger partial charge in [-0.15, -0.1) is 0 Å². The number of piperidine rings is 1. The summed E-state index contributed by atoms with van der Waals surface area (Å²) in [7, 11) is 1.96. The smallest absolute Gasteiger partial charge is 0.222 e. The molecule has 2 rings (SSSR count). The Bertz CT molecular complexity index is 520. The lowest BCUT2D eigenvalue weighted by Crippen LogP contribution is -2.46. The molecule has 0 spiro atoms. The largest absolute Gasteiger partial charge is 0.369 e. The van der Waals surface area contributed by atoms with Gasteiger partial charge in [-0.05, 0) is 51.4 Å². The van der Waals surface area contributed by atoms with Gasteiger partial charge >= 0.3 is 0 Å². The van der Waals surface area contributed by atoms with E-state index in [2.05, 4.69) is 58.2 Å². The fourth-order valence-electron chi connectivity index (χ4n) is 2.96. The molecule has 0 aliphatic carbocycles. The molecule has 1 aromatic rings. The summed E-state index contributed by atoms with van der Waals surface area (Å²) >= 11 is 3.56. The number of anilines is 1. The van der Waals surface area contributed by atoms with Crippen molar-refractivity contribution < 1.29 is 4.79 Å². The van der Waals surface area contributed by atoms with Gasteiger partial charge in [-0.3, -0.25) is 4.79 Å². The number of benzene rings is 1. The molecule has 1 saturated heterocycles. The van der Waals surface area contributed by atoms with Crippen LogP contribution in [0.5, 0.6) is 0 Å². The minimum absolute atomic E-state index is 0.0575. The number of hydrogen-bond acceptors (Lipinski definition) is 3. The number of halogens is 1. The summed E-state index contributed by atoms with van der Waals surface area (Å²) in [6.07, 6.45) is 1.88. The summed E-state index contributed by atoms with van der Waals surface area (Å²) < 4.78 is 1.05. The van der Waals surface area contributed by atoms with Crippen molar-refractivity contribution >= 4 is 27.5 Å². The Balaban J connectivity index is 2.38. The van der Waals surface area contributed by atoms with Crippen molar-refractivity contribution in [1.29, 1.82) is 0 Å². The fourth-order valence-corrected chi connectivity index (χ4v) is 3.31. The number of nitrogens with two attached hydrogens (primary N) is 1. The van der Waals surface area contributed by atoms with Crippen LogP contribution in [-0.2, 0) is 4.79 Å². The summed E-state index contributed by atoms with van der Waals surface area (Å²) in [5, 5.41) is 3.30. The fraction of sp³-hybridized carbons (Fsp3) is 0.562. The molecule has 5 heteroatoms. The zero-order valence-corrected chi connectivity index (χ0v) is 14.5. The van der Waals surface area contributed by atoms with Gasteiger partial charge in [-0.1, -0.05) is 22.0 Å². The number of nitrogens with zero attached hydrogens (tertiary/aromatic N) is 1. The van der Waals surface area contributed by atoms with Gasteiger partial charge in [0, 0.05) is 28.8 Å². The Labute approximate surface area is 135 Å². The highest BCUT2D eigenvalue weighted by molar-refractivity contribution is 9.10. The molecule has 116 valence electrons. The summed E-state index contributed by atoms with van der Waals surface area (Å²) in [5.41, 5.74) is 7.95. The maximum absolute atomic E-state index is 11.6. The van der Waals surface area contributed by atoms with Crippen LogP contribution in [0.15, 0.2) is 22.7 Å². The molecule has 1 aliphatic rings. The first-order valence-corrected chi connectivity index (χ1v) is 8.26. The van der Waals surface area contributed by atoms with Gasteiger partial charge in [0.05, 0.1) is 5.92 Å². The molecule has 4 nitrogen and oxygen atoms in total. The highest BCUT2D eigenvalue weighted by Crippen LogP contribution is 2.34. The third kappa shape index (κ3) is 3.58. The molecule has 0 bridgehead atoms. The molecule has 1 aromatic carbocycles. The molecule has 1 fully saturated rings. The Morgan fingerprint density at radius 2 is 2.19 bits per heavy atom. The van der Waals surface area contributed by atoms with Crippen LogP contribution in [0.25, 0.3) is 0 Å². The van der Waals surface area contributed by atoms with Crippen molar-refractivity contribution in [2.24, 2.45) is 11.7 Å². The van der Waals surface area contributed by atoms with E-state index in [1.165, 1.54) is 11.3 Å². The van der Waals surface area contributed by atoms with Crippen LogP contribution in [0, 0.1) is 5.92 Å². The van der Waals surface area contributed by atoms with E-state index in [9.17, 15) is 4.79 Å². The third-order valence-electron chi connectivity index (χ3n) is 4.49. The summed E-state index contributed by atoms with van der Waals surface area (Å²) in [6.45, 7) is 5.06. The van der Waals surface area contributed by atoms with Crippen LogP contribution in [-0.4, -0.2) is 25.5 Å². The number of amides is 1. The number of carbonyl (C=O) groups is 1. The highest BCUT2D eigenvalue weighted by Gasteiger charge is 2.30. The minimum atomic E-state index is -0.190. The standard InChI is InChI=1S/C16H24BrN3O/c1-10-4-5-12(16(18)21)9-20(10)15-8-13(17)6-7-14(15)11(2)19-3/h6-8,10-12,19H,4-5,9H2,1-3H3,(H2,18,21). The van der Waals surface area contributed by atoms with Crippen molar-refractivity contribution in [1.82, 2.24) is 5.32 Å². The first-order valence-electron chi connectivity index (χ1n) is 7.46. The number of hydrogen-bond donors (Lipinski definition) is 2. The second kappa shape index (κ2) is 6.79. The van der Waals surface area contributed by atoms with E-state index < -0.39 is 0 Å². The summed E-state index contributed by atoms with van der Waals surface area (Å²) in [5.74, 6) is -0.247. The predicted molar refractivity (Wildman–Crippen MR) is 90.3 cm³/mol. The van der Waals surface area contributed by atoms with Gasteiger partial charge in [0.25, 0.3) is 0 Å². The first-order chi connectivity index (χ1) is 9.93. The van der Waals surface area contributed by atoms with Crippen LogP contribution in [0.2, 0.25) is 0 Å². The molecule has 3 N–H and O–H groups in total. The van der Waals surface area contributed by atoms with Gasteiger partial charge in [0.15, 0.2) is 0 Å². The maximum Gasteiger partial charge on any atom is 0.222 e. The zero-order valence-electron chi connectivity index (χ0n) is 12.9. The van der Waals surface area contributed by atoms with E-state index in [-0.39, 0.29) is 17.9 Å². The predicted octanol–water partition coefficient (Wildman–Crippen LogP) is 2.82. The lowest BCUT2D eigenvalue weighted by molar-refractivity contribution is -0.122. The zero-order chi connectivity index (χ0) is 15.6. The van der Waals surface area contributed by atoms with E-state index in [0.717, 1.165) is 17.3 Å². The van der Waals surface area contributed by atoms with E-state index in [1.807, 2.05) is 7.05 Å². The van der Waals surface area contributed by atoms with Crippen molar-refractivity contribution in [3.8, 4) is 0 Å². The van der Waals surface area contributed by atoms with Gasteiger partial charge in [-0.25, -0.2) is 0 Å². The van der Waals surface area contributed by atoms with Crippen LogP contribution in [0.1, 0.15) is 38.3 Å². The molecule has 21 heavy (non-hydrogen) atoms. The number of nitrogens with one attached hydrogen (secondary N) is 1. The molecule has 0 radical (unpaired) electrons. The number of primary amides is 1. The molecule has 0 aromatic heterocycles. The van der Waals surface area contributed by atoms with Crippen molar-refractivity contribution in [3.63, 3.8) is 0 Å². The van der Waals surface area contributed by atoms with E-state index in [4.69, 9.17) is 5.73 Å². The maximum atomic E-state index is 11.6. The van der Waals surface area contributed by atoms with E-state index in [1.54, 1.807) is 0 Å². The van der Waals surface area contributed by atoms with Crippen LogP contribution >= 0.6 is 15.9 Å². The molecule has 0 saturated carbocycles. The van der Waals surface area contributed by atoms with Crippen molar-refractivity contribution in [2.75, 3.05) is 18.5 Å². The Morgan fingerprint density at radius 1 is 1.48 bits per heavy atom. The molecule has 3 atom stereocenters. The van der Waals surface area contributed by atoms with Gasteiger partial charge in [0.2, 0.25) is 5.91 Å². The first kappa shape index (κ1) is 16.3. The van der Waals surface area contributed by atoms with Gasteiger partial charge in [0.1, 0.15) is 0 Å². The van der Waals surface area contributed by atoms with Crippen molar-refractivity contribution in [3.05, 3.63) is 28.2 Å². The molecule has 1 aliphatic heterocycles. The van der Waals surface area contributed by atoms with E-state index in [0.29, 0.717) is 12.6 Å². The van der Waals surface area contributed by atoms with E-state index >= 15 is 0 Å². The molecular weight excluding hydrogens is 330 g/mol. The topological polar surface area (TPSA) is 58.4 Å². The lowest BCUT2D eigenvalue weighted by atomic mass is 9.91. The molecule has 3 unspecified atom stereocenters. The van der Waals surface area contributed by atoms with Crippen LogP contribution in [0.3, 0.4) is 0 Å². The highest BCUT2D eigenvalue weighted by atomic mass is 79.9. The minimum Gasteiger partial charge on any atom is -0.369 e. The second-order valence-electron chi connectivity index (χ2n) is 5.89. The van der Waals surface area contributed by atoms with Gasteiger partial charge < -0.3 is 16.0 Å². The van der Waals surface area contributed by atoms with Gasteiger partial charge in [-0.2, -0.15) is 0 Å².